The molecular formula is C12H9Br2ClN2O2. The van der Waals surface area contributed by atoms with Gasteiger partial charge in [0.1, 0.15) is 23.3 Å². The predicted molar refractivity (Wildman–Crippen MR) is 79.8 cm³/mol. The van der Waals surface area contributed by atoms with Gasteiger partial charge in [0, 0.05) is 0 Å². The molecule has 2 aromatic rings. The van der Waals surface area contributed by atoms with Gasteiger partial charge >= 0.3 is 0 Å². The van der Waals surface area contributed by atoms with E-state index >= 15 is 0 Å². The summed E-state index contributed by atoms with van der Waals surface area (Å²) in [7, 11) is 1.61. The van der Waals surface area contributed by atoms with Gasteiger partial charge in [0.2, 0.25) is 0 Å². The quantitative estimate of drug-likeness (QED) is 0.759. The maximum absolute atomic E-state index is 5.67. The third-order valence-corrected chi connectivity index (χ3v) is 3.69. The van der Waals surface area contributed by atoms with Gasteiger partial charge in [0.15, 0.2) is 0 Å². The van der Waals surface area contributed by atoms with Crippen LogP contribution in [0.5, 0.6) is 11.5 Å². The minimum atomic E-state index is 0.307. The average molecular weight is 408 g/mol. The van der Waals surface area contributed by atoms with Crippen molar-refractivity contribution in [1.29, 1.82) is 0 Å². The minimum Gasteiger partial charge on any atom is -0.496 e. The molecule has 0 spiro atoms. The van der Waals surface area contributed by atoms with Gasteiger partial charge in [-0.2, -0.15) is 0 Å². The van der Waals surface area contributed by atoms with Crippen molar-refractivity contribution in [3.05, 3.63) is 44.3 Å². The van der Waals surface area contributed by atoms with E-state index in [0.29, 0.717) is 23.2 Å². The zero-order valence-corrected chi connectivity index (χ0v) is 13.8. The number of halogens is 3. The monoisotopic (exact) mass is 406 g/mol. The van der Waals surface area contributed by atoms with Crippen LogP contribution in [0.4, 0.5) is 0 Å². The molecule has 1 aromatic heterocycles. The molecule has 1 heterocycles. The fourth-order valence-corrected chi connectivity index (χ4v) is 2.36. The van der Waals surface area contributed by atoms with Gasteiger partial charge in [0.05, 0.1) is 34.1 Å². The van der Waals surface area contributed by atoms with Crippen molar-refractivity contribution in [3.8, 4) is 11.5 Å². The molecule has 19 heavy (non-hydrogen) atoms. The molecule has 4 nitrogen and oxygen atoms in total. The Morgan fingerprint density at radius 1 is 1.11 bits per heavy atom. The summed E-state index contributed by atoms with van der Waals surface area (Å²) in [6.45, 7) is 0.307. The second kappa shape index (κ2) is 6.54. The molecule has 1 aromatic carbocycles. The lowest BCUT2D eigenvalue weighted by molar-refractivity contribution is 0.298. The number of benzene rings is 1. The number of hydrogen-bond acceptors (Lipinski definition) is 4. The summed E-state index contributed by atoms with van der Waals surface area (Å²) < 4.78 is 12.5. The number of rotatable bonds is 4. The summed E-state index contributed by atoms with van der Waals surface area (Å²) in [6, 6.07) is 3.65. The van der Waals surface area contributed by atoms with E-state index in [1.165, 1.54) is 6.20 Å². The zero-order valence-electron chi connectivity index (χ0n) is 9.86. The van der Waals surface area contributed by atoms with E-state index in [2.05, 4.69) is 41.8 Å². The van der Waals surface area contributed by atoms with Gasteiger partial charge in [-0.15, -0.1) is 0 Å². The highest BCUT2D eigenvalue weighted by molar-refractivity contribution is 9.11. The molecule has 0 aliphatic heterocycles. The highest BCUT2D eigenvalue weighted by Crippen LogP contribution is 2.36. The van der Waals surface area contributed by atoms with E-state index in [4.69, 9.17) is 21.1 Å². The van der Waals surface area contributed by atoms with E-state index in [9.17, 15) is 0 Å². The van der Waals surface area contributed by atoms with Crippen LogP contribution < -0.4 is 9.47 Å². The molecule has 0 aliphatic carbocycles. The summed E-state index contributed by atoms with van der Waals surface area (Å²) in [5, 5.41) is 0.358. The van der Waals surface area contributed by atoms with Gasteiger partial charge in [-0.3, -0.25) is 4.98 Å². The topological polar surface area (TPSA) is 44.2 Å². The third-order valence-electron chi connectivity index (χ3n) is 2.26. The molecule has 2 rings (SSSR count). The first-order valence-corrected chi connectivity index (χ1v) is 7.19. The number of methoxy groups -OCH3 is 1. The van der Waals surface area contributed by atoms with Crippen LogP contribution in [0.1, 0.15) is 5.69 Å². The van der Waals surface area contributed by atoms with Crippen LogP contribution in [-0.4, -0.2) is 17.1 Å². The second-order valence-electron chi connectivity index (χ2n) is 3.54. The molecule has 0 fully saturated rings. The first-order valence-electron chi connectivity index (χ1n) is 5.22. The maximum Gasteiger partial charge on any atom is 0.147 e. The van der Waals surface area contributed by atoms with E-state index in [0.717, 1.165) is 14.7 Å². The Hall–Kier alpha value is -0.850. The molecule has 0 atom stereocenters. The fraction of sp³-hybridized carbons (Fsp3) is 0.167. The Morgan fingerprint density at radius 2 is 1.79 bits per heavy atom. The smallest absolute Gasteiger partial charge is 0.147 e. The molecular weight excluding hydrogens is 399 g/mol. The van der Waals surface area contributed by atoms with Crippen LogP contribution in [-0.2, 0) is 6.61 Å². The molecule has 0 radical (unpaired) electrons. The Kier molecular flexibility index (Phi) is 5.01. The van der Waals surface area contributed by atoms with E-state index in [-0.39, 0.29) is 0 Å². The van der Waals surface area contributed by atoms with E-state index in [1.54, 1.807) is 13.3 Å². The summed E-state index contributed by atoms with van der Waals surface area (Å²) in [5.41, 5.74) is 0.697. The first kappa shape index (κ1) is 14.6. The molecule has 0 amide bonds. The molecule has 0 saturated heterocycles. The lowest BCUT2D eigenvalue weighted by atomic mass is 10.3. The van der Waals surface area contributed by atoms with Gasteiger partial charge in [0.25, 0.3) is 0 Å². The molecule has 0 aliphatic rings. The fourth-order valence-electron chi connectivity index (χ4n) is 1.34. The van der Waals surface area contributed by atoms with Crippen LogP contribution >= 0.6 is 43.5 Å². The van der Waals surface area contributed by atoms with E-state index in [1.807, 2.05) is 12.1 Å². The Balaban J connectivity index is 2.11. The summed E-state index contributed by atoms with van der Waals surface area (Å²) >= 11 is 12.5. The Morgan fingerprint density at radius 3 is 2.42 bits per heavy atom. The summed E-state index contributed by atoms with van der Waals surface area (Å²) in [6.07, 6.45) is 3.06. The standard InChI is InChI=1S/C12H9Br2ClN2O2/c1-18-10-2-9(14)11(3-8(10)13)19-6-7-4-17-12(15)5-16-7/h2-5H,6H2,1H3. The van der Waals surface area contributed by atoms with Crippen LogP contribution in [0, 0.1) is 0 Å². The van der Waals surface area contributed by atoms with Crippen molar-refractivity contribution in [2.75, 3.05) is 7.11 Å². The Labute approximate surface area is 132 Å². The van der Waals surface area contributed by atoms with Crippen molar-refractivity contribution in [1.82, 2.24) is 9.97 Å². The van der Waals surface area contributed by atoms with E-state index < -0.39 is 0 Å². The molecule has 0 bridgehead atoms. The second-order valence-corrected chi connectivity index (χ2v) is 5.63. The van der Waals surface area contributed by atoms with Crippen molar-refractivity contribution in [2.45, 2.75) is 6.61 Å². The lowest BCUT2D eigenvalue weighted by Crippen LogP contribution is -1.99. The molecule has 0 N–H and O–H groups in total. The van der Waals surface area contributed by atoms with Crippen molar-refractivity contribution in [2.24, 2.45) is 0 Å². The predicted octanol–water partition coefficient (Wildman–Crippen LogP) is 4.24. The number of aromatic nitrogens is 2. The van der Waals surface area contributed by atoms with Gasteiger partial charge < -0.3 is 9.47 Å². The van der Waals surface area contributed by atoms with Crippen LogP contribution in [0.2, 0.25) is 5.15 Å². The molecule has 100 valence electrons. The van der Waals surface area contributed by atoms with Gasteiger partial charge in [-0.1, -0.05) is 11.6 Å². The van der Waals surface area contributed by atoms with Gasteiger partial charge in [-0.05, 0) is 44.0 Å². The highest BCUT2D eigenvalue weighted by atomic mass is 79.9. The van der Waals surface area contributed by atoms with Crippen LogP contribution in [0.15, 0.2) is 33.5 Å². The lowest BCUT2D eigenvalue weighted by Gasteiger charge is -2.10. The van der Waals surface area contributed by atoms with Crippen LogP contribution in [0.3, 0.4) is 0 Å². The normalized spacial score (nSPS) is 10.3. The van der Waals surface area contributed by atoms with Gasteiger partial charge in [-0.25, -0.2) is 4.98 Å². The third kappa shape index (κ3) is 3.81. The van der Waals surface area contributed by atoms with Crippen molar-refractivity contribution < 1.29 is 9.47 Å². The van der Waals surface area contributed by atoms with Crippen molar-refractivity contribution in [3.63, 3.8) is 0 Å². The minimum absolute atomic E-state index is 0.307. The largest absolute Gasteiger partial charge is 0.496 e. The summed E-state index contributed by atoms with van der Waals surface area (Å²) in [5.74, 6) is 1.41. The molecule has 0 unspecified atom stereocenters. The SMILES string of the molecule is COc1cc(Br)c(OCc2cnc(Cl)cn2)cc1Br. The average Bonchev–Trinajstić information content (AvgIpc) is 2.41. The number of ether oxygens (including phenoxy) is 2. The highest BCUT2D eigenvalue weighted by Gasteiger charge is 2.08. The maximum atomic E-state index is 5.67. The number of hydrogen-bond donors (Lipinski definition) is 0. The summed E-state index contributed by atoms with van der Waals surface area (Å²) in [4.78, 5) is 8.05. The zero-order chi connectivity index (χ0) is 13.8. The van der Waals surface area contributed by atoms with Crippen LogP contribution in [0.25, 0.3) is 0 Å². The molecule has 0 saturated carbocycles. The number of nitrogens with zero attached hydrogens (tertiary/aromatic N) is 2. The molecule has 7 heteroatoms. The first-order chi connectivity index (χ1) is 9.10. The van der Waals surface area contributed by atoms with Crippen molar-refractivity contribution >= 4 is 43.5 Å². The Bertz CT molecular complexity index is 579.